The number of carbonyl (C=O) groups is 2. The van der Waals surface area contributed by atoms with Crippen molar-refractivity contribution < 1.29 is 41.0 Å². The standard InChI is InChI=1S/C24H22F3N3O6S/c1-15-2-9-19(10-3-15)37(34,35)30-23(33)28-13-12-20(17-6-11-21(29-14-17)24(25,26)27)36-18-7-4-16(5-8-18)22(31)32/h2-11,14,20H,12-13H2,1H3,(H,31,32)(H2,28,30,33). The summed E-state index contributed by atoms with van der Waals surface area (Å²) < 4.78 is 71.1. The number of hydrogen-bond acceptors (Lipinski definition) is 6. The molecule has 37 heavy (non-hydrogen) atoms. The molecule has 0 spiro atoms. The molecule has 0 saturated carbocycles. The third-order valence-electron chi connectivity index (χ3n) is 5.08. The number of nitrogens with zero attached hydrogens (tertiary/aromatic N) is 1. The number of amides is 2. The Morgan fingerprint density at radius 2 is 1.68 bits per heavy atom. The van der Waals surface area contributed by atoms with E-state index in [1.807, 2.05) is 4.72 Å². The van der Waals surface area contributed by atoms with Crippen LogP contribution < -0.4 is 14.8 Å². The topological polar surface area (TPSA) is 135 Å². The fraction of sp³-hybridized carbons (Fsp3) is 0.208. The van der Waals surface area contributed by atoms with Crippen molar-refractivity contribution in [2.75, 3.05) is 6.54 Å². The van der Waals surface area contributed by atoms with Crippen LogP contribution >= 0.6 is 0 Å². The predicted octanol–water partition coefficient (Wildman–Crippen LogP) is 4.31. The normalized spacial score (nSPS) is 12.4. The van der Waals surface area contributed by atoms with Gasteiger partial charge in [-0.1, -0.05) is 23.8 Å². The number of hydrogen-bond donors (Lipinski definition) is 3. The van der Waals surface area contributed by atoms with E-state index in [0.29, 0.717) is 0 Å². The van der Waals surface area contributed by atoms with Gasteiger partial charge in [0.25, 0.3) is 10.0 Å². The number of carboxylic acid groups (broad SMARTS) is 1. The van der Waals surface area contributed by atoms with Gasteiger partial charge < -0.3 is 15.2 Å². The number of ether oxygens (including phenoxy) is 1. The number of alkyl halides is 3. The van der Waals surface area contributed by atoms with E-state index in [0.717, 1.165) is 17.8 Å². The van der Waals surface area contributed by atoms with Crippen molar-refractivity contribution in [3.63, 3.8) is 0 Å². The Balaban J connectivity index is 1.70. The third-order valence-corrected chi connectivity index (χ3v) is 6.43. The number of benzene rings is 2. The molecule has 3 rings (SSSR count). The first-order valence-electron chi connectivity index (χ1n) is 10.8. The van der Waals surface area contributed by atoms with Crippen molar-refractivity contribution in [3.05, 3.63) is 89.2 Å². The molecule has 0 fully saturated rings. The zero-order valence-corrected chi connectivity index (χ0v) is 20.1. The van der Waals surface area contributed by atoms with Crippen LogP contribution in [0, 0.1) is 6.92 Å². The maximum atomic E-state index is 12.9. The van der Waals surface area contributed by atoms with E-state index in [9.17, 15) is 31.2 Å². The van der Waals surface area contributed by atoms with E-state index >= 15 is 0 Å². The second-order valence-electron chi connectivity index (χ2n) is 7.87. The Hall–Kier alpha value is -4.13. The molecule has 13 heteroatoms. The SMILES string of the molecule is Cc1ccc(S(=O)(=O)NC(=O)NCCC(Oc2ccc(C(=O)O)cc2)c2ccc(C(F)(F)F)nc2)cc1. The number of urea groups is 1. The van der Waals surface area contributed by atoms with Crippen molar-refractivity contribution in [1.29, 1.82) is 0 Å². The summed E-state index contributed by atoms with van der Waals surface area (Å²) in [6.07, 6.45) is -4.53. The molecular weight excluding hydrogens is 515 g/mol. The average molecular weight is 538 g/mol. The number of halogens is 3. The molecule has 3 N–H and O–H groups in total. The van der Waals surface area contributed by atoms with Gasteiger partial charge in [-0.15, -0.1) is 0 Å². The number of rotatable bonds is 9. The van der Waals surface area contributed by atoms with Gasteiger partial charge in [-0.05, 0) is 49.4 Å². The van der Waals surface area contributed by atoms with Crippen LogP contribution in [0.5, 0.6) is 5.75 Å². The lowest BCUT2D eigenvalue weighted by atomic mass is 10.1. The zero-order valence-electron chi connectivity index (χ0n) is 19.3. The second kappa shape index (κ2) is 11.3. The Kier molecular flexibility index (Phi) is 8.38. The molecule has 0 saturated heterocycles. The minimum Gasteiger partial charge on any atom is -0.486 e. The van der Waals surface area contributed by atoms with Crippen LogP contribution in [0.25, 0.3) is 0 Å². The Morgan fingerprint density at radius 3 is 2.22 bits per heavy atom. The van der Waals surface area contributed by atoms with Crippen molar-refractivity contribution in [2.24, 2.45) is 0 Å². The van der Waals surface area contributed by atoms with Crippen molar-refractivity contribution in [3.8, 4) is 5.75 Å². The number of carboxylic acids is 1. The summed E-state index contributed by atoms with van der Waals surface area (Å²) in [6, 6.07) is 12.2. The van der Waals surface area contributed by atoms with E-state index in [-0.39, 0.29) is 34.7 Å². The molecule has 0 aliphatic heterocycles. The van der Waals surface area contributed by atoms with E-state index in [2.05, 4.69) is 10.3 Å². The van der Waals surface area contributed by atoms with Crippen molar-refractivity contribution in [2.45, 2.75) is 30.5 Å². The highest BCUT2D eigenvalue weighted by molar-refractivity contribution is 7.90. The molecule has 1 unspecified atom stereocenters. The van der Waals surface area contributed by atoms with Gasteiger partial charge in [-0.2, -0.15) is 13.2 Å². The minimum atomic E-state index is -4.63. The van der Waals surface area contributed by atoms with Crippen LogP contribution in [0.3, 0.4) is 0 Å². The molecule has 9 nitrogen and oxygen atoms in total. The maximum absolute atomic E-state index is 12.9. The quantitative estimate of drug-likeness (QED) is 0.370. The molecule has 1 heterocycles. The smallest absolute Gasteiger partial charge is 0.433 e. The average Bonchev–Trinajstić information content (AvgIpc) is 2.83. The highest BCUT2D eigenvalue weighted by Crippen LogP contribution is 2.30. The molecule has 0 aliphatic rings. The monoisotopic (exact) mass is 537 g/mol. The molecule has 0 radical (unpaired) electrons. The number of nitrogens with one attached hydrogen (secondary N) is 2. The van der Waals surface area contributed by atoms with Gasteiger partial charge in [-0.25, -0.2) is 22.7 Å². The summed E-state index contributed by atoms with van der Waals surface area (Å²) in [4.78, 5) is 26.6. The van der Waals surface area contributed by atoms with Gasteiger partial charge in [-0.3, -0.25) is 4.98 Å². The molecule has 0 aliphatic carbocycles. The predicted molar refractivity (Wildman–Crippen MR) is 126 cm³/mol. The van der Waals surface area contributed by atoms with Gasteiger partial charge in [0, 0.05) is 24.7 Å². The van der Waals surface area contributed by atoms with E-state index in [4.69, 9.17) is 9.84 Å². The molecule has 1 aromatic heterocycles. The number of aromatic carboxylic acids is 1. The molecule has 2 aromatic carbocycles. The number of aromatic nitrogens is 1. The summed E-state index contributed by atoms with van der Waals surface area (Å²) in [7, 11) is -4.12. The highest BCUT2D eigenvalue weighted by Gasteiger charge is 2.32. The first-order chi connectivity index (χ1) is 17.3. The molecule has 1 atom stereocenters. The van der Waals surface area contributed by atoms with Crippen molar-refractivity contribution in [1.82, 2.24) is 15.0 Å². The first-order valence-corrected chi connectivity index (χ1v) is 12.2. The maximum Gasteiger partial charge on any atom is 0.433 e. The highest BCUT2D eigenvalue weighted by atomic mass is 32.2. The van der Waals surface area contributed by atoms with Crippen LogP contribution in [-0.4, -0.2) is 37.1 Å². The molecular formula is C24H22F3N3O6S. The van der Waals surface area contributed by atoms with E-state index < -0.39 is 40.0 Å². The zero-order chi connectivity index (χ0) is 27.2. The van der Waals surface area contributed by atoms with Crippen molar-refractivity contribution >= 4 is 22.0 Å². The lowest BCUT2D eigenvalue weighted by Crippen LogP contribution is -2.40. The third kappa shape index (κ3) is 7.67. The molecule has 0 bridgehead atoms. The Bertz CT molecular complexity index is 1340. The Labute approximate surface area is 210 Å². The van der Waals surface area contributed by atoms with Gasteiger partial charge in [0.2, 0.25) is 0 Å². The summed E-state index contributed by atoms with van der Waals surface area (Å²) in [6.45, 7) is 1.66. The lowest BCUT2D eigenvalue weighted by Gasteiger charge is -2.20. The molecule has 3 aromatic rings. The number of pyridine rings is 1. The molecule has 196 valence electrons. The summed E-state index contributed by atoms with van der Waals surface area (Å²) in [5.74, 6) is -0.924. The fourth-order valence-electron chi connectivity index (χ4n) is 3.15. The van der Waals surface area contributed by atoms with Crippen LogP contribution in [-0.2, 0) is 16.2 Å². The van der Waals surface area contributed by atoms with Gasteiger partial charge in [0.05, 0.1) is 10.5 Å². The van der Waals surface area contributed by atoms with Crippen LogP contribution in [0.2, 0.25) is 0 Å². The van der Waals surface area contributed by atoms with Crippen LogP contribution in [0.4, 0.5) is 18.0 Å². The van der Waals surface area contributed by atoms with E-state index in [1.54, 1.807) is 19.1 Å². The van der Waals surface area contributed by atoms with Gasteiger partial charge >= 0.3 is 18.2 Å². The number of sulfonamides is 1. The largest absolute Gasteiger partial charge is 0.486 e. The summed E-state index contributed by atoms with van der Waals surface area (Å²) in [5.41, 5.74) is 0.00226. The number of aryl methyl sites for hydroxylation is 1. The number of carbonyl (C=O) groups excluding carboxylic acids is 1. The molecule has 2 amide bonds. The summed E-state index contributed by atoms with van der Waals surface area (Å²) >= 11 is 0. The van der Waals surface area contributed by atoms with Crippen LogP contribution in [0.15, 0.2) is 71.8 Å². The van der Waals surface area contributed by atoms with Gasteiger partial charge in [0.15, 0.2) is 0 Å². The minimum absolute atomic E-state index is 0.00761. The lowest BCUT2D eigenvalue weighted by molar-refractivity contribution is -0.141. The first kappa shape index (κ1) is 27.5. The second-order valence-corrected chi connectivity index (χ2v) is 9.56. The van der Waals surface area contributed by atoms with E-state index in [1.165, 1.54) is 42.5 Å². The Morgan fingerprint density at radius 1 is 1.03 bits per heavy atom. The van der Waals surface area contributed by atoms with Crippen LogP contribution in [0.1, 0.15) is 39.7 Å². The summed E-state index contributed by atoms with van der Waals surface area (Å²) in [5, 5.41) is 11.4. The fourth-order valence-corrected chi connectivity index (χ4v) is 4.08. The van der Waals surface area contributed by atoms with Gasteiger partial charge in [0.1, 0.15) is 17.5 Å².